The number of hydrogen-bond acceptors (Lipinski definition) is 5. The maximum atomic E-state index is 11.0. The Labute approximate surface area is 111 Å². The first kappa shape index (κ1) is 12.2. The third-order valence-electron chi connectivity index (χ3n) is 3.80. The number of pyridine rings is 1. The fourth-order valence-electron chi connectivity index (χ4n) is 2.57. The Morgan fingerprint density at radius 3 is 2.53 bits per heavy atom. The molecule has 1 aromatic rings. The summed E-state index contributed by atoms with van der Waals surface area (Å²) in [6, 6.07) is 3.85. The number of nitrogens with zero attached hydrogens (tertiary/aromatic N) is 3. The maximum Gasteiger partial charge on any atom is 0.354 e. The number of carboxylic acids is 1. The van der Waals surface area contributed by atoms with Crippen LogP contribution in [0.1, 0.15) is 23.3 Å². The molecule has 0 spiro atoms. The number of piperazine rings is 1. The van der Waals surface area contributed by atoms with Gasteiger partial charge in [0.2, 0.25) is 0 Å². The number of hydrogen-bond donors (Lipinski definition) is 2. The molecular weight excluding hydrogens is 244 g/mol. The van der Waals surface area contributed by atoms with Crippen molar-refractivity contribution in [3.63, 3.8) is 0 Å². The molecule has 6 nitrogen and oxygen atoms in total. The molecule has 1 saturated carbocycles. The molecule has 0 bridgehead atoms. The quantitative estimate of drug-likeness (QED) is 0.832. The second-order valence-electron chi connectivity index (χ2n) is 5.17. The highest BCUT2D eigenvalue weighted by Gasteiger charge is 2.31. The predicted molar refractivity (Wildman–Crippen MR) is 72.4 cm³/mol. The Kier molecular flexibility index (Phi) is 3.02. The second kappa shape index (κ2) is 4.70. The van der Waals surface area contributed by atoms with Crippen molar-refractivity contribution in [2.24, 2.45) is 0 Å². The highest BCUT2D eigenvalue weighted by atomic mass is 16.4. The first-order valence-corrected chi connectivity index (χ1v) is 6.64. The average molecular weight is 262 g/mol. The van der Waals surface area contributed by atoms with E-state index in [0.717, 1.165) is 32.2 Å². The van der Waals surface area contributed by atoms with Crippen LogP contribution in [0.25, 0.3) is 0 Å². The lowest BCUT2D eigenvalue weighted by Gasteiger charge is -2.36. The minimum absolute atomic E-state index is 0.0498. The Morgan fingerprint density at radius 1 is 1.26 bits per heavy atom. The van der Waals surface area contributed by atoms with Gasteiger partial charge in [-0.15, -0.1) is 0 Å². The van der Waals surface area contributed by atoms with E-state index < -0.39 is 5.97 Å². The third-order valence-corrected chi connectivity index (χ3v) is 3.80. The smallest absolute Gasteiger partial charge is 0.354 e. The van der Waals surface area contributed by atoms with E-state index >= 15 is 0 Å². The van der Waals surface area contributed by atoms with Crippen LogP contribution in [0.5, 0.6) is 0 Å². The van der Waals surface area contributed by atoms with E-state index in [1.807, 2.05) is 0 Å². The summed E-state index contributed by atoms with van der Waals surface area (Å²) in [5.41, 5.74) is 6.51. The summed E-state index contributed by atoms with van der Waals surface area (Å²) in [6.45, 7) is 3.72. The summed E-state index contributed by atoms with van der Waals surface area (Å²) in [5.74, 6) is -0.409. The molecule has 102 valence electrons. The Hall–Kier alpha value is -1.82. The zero-order valence-electron chi connectivity index (χ0n) is 10.7. The molecule has 0 unspecified atom stereocenters. The maximum absolute atomic E-state index is 11.0. The minimum atomic E-state index is -1.02. The SMILES string of the molecule is Nc1ccc(C(=O)O)nc1N1CCN(C2CC2)CC1. The number of carboxylic acid groups (broad SMARTS) is 1. The van der Waals surface area contributed by atoms with Crippen LogP contribution in [0.15, 0.2) is 12.1 Å². The fraction of sp³-hybridized carbons (Fsp3) is 0.538. The van der Waals surface area contributed by atoms with Crippen molar-refractivity contribution >= 4 is 17.5 Å². The van der Waals surface area contributed by atoms with Crippen molar-refractivity contribution in [2.75, 3.05) is 36.8 Å². The number of aromatic nitrogens is 1. The largest absolute Gasteiger partial charge is 0.477 e. The summed E-state index contributed by atoms with van der Waals surface area (Å²) >= 11 is 0. The fourth-order valence-corrected chi connectivity index (χ4v) is 2.57. The number of aromatic carboxylic acids is 1. The van der Waals surface area contributed by atoms with Gasteiger partial charge in [0.1, 0.15) is 0 Å². The number of carbonyl (C=O) groups is 1. The van der Waals surface area contributed by atoms with E-state index in [1.54, 1.807) is 6.07 Å². The highest BCUT2D eigenvalue weighted by molar-refractivity contribution is 5.87. The molecule has 6 heteroatoms. The lowest BCUT2D eigenvalue weighted by Crippen LogP contribution is -2.47. The van der Waals surface area contributed by atoms with Crippen molar-refractivity contribution < 1.29 is 9.90 Å². The van der Waals surface area contributed by atoms with Gasteiger partial charge in [-0.25, -0.2) is 9.78 Å². The molecule has 0 aromatic carbocycles. The summed E-state index contributed by atoms with van der Waals surface area (Å²) < 4.78 is 0. The van der Waals surface area contributed by atoms with Crippen LogP contribution >= 0.6 is 0 Å². The number of nitrogens with two attached hydrogens (primary N) is 1. The van der Waals surface area contributed by atoms with E-state index in [2.05, 4.69) is 14.8 Å². The van der Waals surface area contributed by atoms with Gasteiger partial charge < -0.3 is 15.7 Å². The van der Waals surface area contributed by atoms with Gasteiger partial charge in [-0.3, -0.25) is 4.90 Å². The Morgan fingerprint density at radius 2 is 1.95 bits per heavy atom. The van der Waals surface area contributed by atoms with Gasteiger partial charge in [0.05, 0.1) is 5.69 Å². The van der Waals surface area contributed by atoms with E-state index in [-0.39, 0.29) is 5.69 Å². The second-order valence-corrected chi connectivity index (χ2v) is 5.17. The highest BCUT2D eigenvalue weighted by Crippen LogP contribution is 2.29. The van der Waals surface area contributed by atoms with Gasteiger partial charge in [0.25, 0.3) is 0 Å². The van der Waals surface area contributed by atoms with Crippen LogP contribution in [0.3, 0.4) is 0 Å². The average Bonchev–Trinajstić information content (AvgIpc) is 3.23. The van der Waals surface area contributed by atoms with Crippen LogP contribution in [-0.2, 0) is 0 Å². The van der Waals surface area contributed by atoms with Crippen LogP contribution in [0.4, 0.5) is 11.5 Å². The molecule has 2 aliphatic rings. The first-order valence-electron chi connectivity index (χ1n) is 6.64. The molecule has 3 rings (SSSR count). The first-order chi connectivity index (χ1) is 9.15. The molecule has 0 radical (unpaired) electrons. The monoisotopic (exact) mass is 262 g/mol. The molecule has 1 aliphatic heterocycles. The number of nitrogen functional groups attached to an aromatic ring is 1. The predicted octanol–water partition coefficient (Wildman–Crippen LogP) is 0.646. The van der Waals surface area contributed by atoms with Gasteiger partial charge in [0.15, 0.2) is 11.5 Å². The molecule has 3 N–H and O–H groups in total. The van der Waals surface area contributed by atoms with Crippen molar-refractivity contribution in [1.29, 1.82) is 0 Å². The molecule has 19 heavy (non-hydrogen) atoms. The zero-order chi connectivity index (χ0) is 13.4. The molecule has 0 atom stereocenters. The van der Waals surface area contributed by atoms with Gasteiger partial charge in [0, 0.05) is 32.2 Å². The lowest BCUT2D eigenvalue weighted by molar-refractivity contribution is 0.0690. The molecule has 2 fully saturated rings. The summed E-state index contributed by atoms with van der Waals surface area (Å²) in [4.78, 5) is 19.7. The van der Waals surface area contributed by atoms with Crippen molar-refractivity contribution in [3.8, 4) is 0 Å². The molecule has 1 saturated heterocycles. The van der Waals surface area contributed by atoms with Crippen molar-refractivity contribution in [1.82, 2.24) is 9.88 Å². The van der Waals surface area contributed by atoms with Crippen LogP contribution in [0, 0.1) is 0 Å². The Bertz CT molecular complexity index is 493. The van der Waals surface area contributed by atoms with Gasteiger partial charge in [-0.2, -0.15) is 0 Å². The summed E-state index contributed by atoms with van der Waals surface area (Å²) in [5, 5.41) is 8.99. The number of rotatable bonds is 3. The van der Waals surface area contributed by atoms with Crippen molar-refractivity contribution in [3.05, 3.63) is 17.8 Å². The zero-order valence-corrected chi connectivity index (χ0v) is 10.7. The summed E-state index contributed by atoms with van der Waals surface area (Å²) in [6.07, 6.45) is 2.63. The van der Waals surface area contributed by atoms with E-state index in [0.29, 0.717) is 11.5 Å². The molecular formula is C13H18N4O2. The van der Waals surface area contributed by atoms with E-state index in [4.69, 9.17) is 10.8 Å². The molecule has 0 amide bonds. The van der Waals surface area contributed by atoms with Crippen LogP contribution in [0.2, 0.25) is 0 Å². The van der Waals surface area contributed by atoms with Crippen LogP contribution in [-0.4, -0.2) is 53.2 Å². The third kappa shape index (κ3) is 2.49. The standard InChI is InChI=1S/C13H18N4O2/c14-10-3-4-11(13(18)19)15-12(10)17-7-5-16(6-8-17)9-1-2-9/h3-4,9H,1-2,5-8,14H2,(H,18,19). The van der Waals surface area contributed by atoms with Gasteiger partial charge in [-0.05, 0) is 25.0 Å². The van der Waals surface area contributed by atoms with Crippen LogP contribution < -0.4 is 10.6 Å². The number of anilines is 2. The van der Waals surface area contributed by atoms with Crippen molar-refractivity contribution in [2.45, 2.75) is 18.9 Å². The summed E-state index contributed by atoms with van der Waals surface area (Å²) in [7, 11) is 0. The van der Waals surface area contributed by atoms with E-state index in [9.17, 15) is 4.79 Å². The lowest BCUT2D eigenvalue weighted by atomic mass is 10.2. The van der Waals surface area contributed by atoms with Gasteiger partial charge >= 0.3 is 5.97 Å². The van der Waals surface area contributed by atoms with Gasteiger partial charge in [-0.1, -0.05) is 0 Å². The van der Waals surface area contributed by atoms with E-state index in [1.165, 1.54) is 18.9 Å². The normalized spacial score (nSPS) is 20.5. The topological polar surface area (TPSA) is 82.7 Å². The molecule has 1 aromatic heterocycles. The molecule has 1 aliphatic carbocycles. The Balaban J connectivity index is 1.74. The minimum Gasteiger partial charge on any atom is -0.477 e. The molecule has 2 heterocycles.